The van der Waals surface area contributed by atoms with E-state index in [9.17, 15) is 5.11 Å². The fraction of sp³-hybridized carbons (Fsp3) is 1.00. The van der Waals surface area contributed by atoms with Crippen molar-refractivity contribution in [3.63, 3.8) is 0 Å². The number of aliphatic hydroxyl groups excluding tert-OH is 1. The molecule has 1 aliphatic heterocycles. The maximum atomic E-state index is 9.74. The first-order chi connectivity index (χ1) is 9.65. The van der Waals surface area contributed by atoms with Gasteiger partial charge in [0.25, 0.3) is 0 Å². The van der Waals surface area contributed by atoms with Gasteiger partial charge in [-0.1, -0.05) is 13.8 Å². The Bertz CT molecular complexity index is 244. The molecule has 1 aliphatic rings. The van der Waals surface area contributed by atoms with Crippen LogP contribution in [0.1, 0.15) is 46.0 Å². The van der Waals surface area contributed by atoms with E-state index >= 15 is 0 Å². The first-order valence-electron chi connectivity index (χ1n) is 8.42. The van der Waals surface area contributed by atoms with Crippen LogP contribution in [0.25, 0.3) is 0 Å². The minimum atomic E-state index is -0.0569. The van der Waals surface area contributed by atoms with E-state index in [0.717, 1.165) is 25.8 Å². The van der Waals surface area contributed by atoms with Crippen LogP contribution in [0.4, 0.5) is 0 Å². The zero-order valence-electron chi connectivity index (χ0n) is 13.8. The maximum Gasteiger partial charge on any atom is 0.0613 e. The van der Waals surface area contributed by atoms with Crippen LogP contribution in [0.2, 0.25) is 0 Å². The summed E-state index contributed by atoms with van der Waals surface area (Å²) in [4.78, 5) is 5.01. The molecule has 4 heteroatoms. The Balaban J connectivity index is 2.32. The molecule has 0 radical (unpaired) electrons. The van der Waals surface area contributed by atoms with Gasteiger partial charge in [-0.2, -0.15) is 0 Å². The molecule has 0 aromatic heterocycles. The lowest BCUT2D eigenvalue weighted by molar-refractivity contribution is 0.138. The summed E-state index contributed by atoms with van der Waals surface area (Å²) in [6, 6.07) is 0. The smallest absolute Gasteiger partial charge is 0.0613 e. The van der Waals surface area contributed by atoms with Crippen LogP contribution in [0, 0.1) is 0 Å². The van der Waals surface area contributed by atoms with E-state index < -0.39 is 0 Å². The number of likely N-dealkylation sites (N-methyl/N-ethyl adjacent to an activating group) is 1. The lowest BCUT2D eigenvalue weighted by atomic mass is 9.91. The molecule has 1 fully saturated rings. The molecule has 0 aromatic carbocycles. The van der Waals surface area contributed by atoms with Gasteiger partial charge >= 0.3 is 0 Å². The molecular formula is C16H35N3O. The van der Waals surface area contributed by atoms with E-state index in [2.05, 4.69) is 36.0 Å². The van der Waals surface area contributed by atoms with Gasteiger partial charge in [-0.3, -0.25) is 0 Å². The van der Waals surface area contributed by atoms with Crippen LogP contribution in [-0.4, -0.2) is 73.4 Å². The molecule has 0 bridgehead atoms. The van der Waals surface area contributed by atoms with Crippen molar-refractivity contribution in [2.24, 2.45) is 0 Å². The highest BCUT2D eigenvalue weighted by Crippen LogP contribution is 2.17. The van der Waals surface area contributed by atoms with E-state index in [1.807, 2.05) is 0 Å². The Kier molecular flexibility index (Phi) is 8.69. The number of rotatable bonds is 9. The largest absolute Gasteiger partial charge is 0.394 e. The molecule has 0 aliphatic carbocycles. The Hall–Kier alpha value is -0.160. The van der Waals surface area contributed by atoms with E-state index in [4.69, 9.17) is 0 Å². The summed E-state index contributed by atoms with van der Waals surface area (Å²) < 4.78 is 0. The topological polar surface area (TPSA) is 38.7 Å². The Morgan fingerprint density at radius 1 is 1.15 bits per heavy atom. The number of hydrogen-bond acceptors (Lipinski definition) is 4. The first kappa shape index (κ1) is 17.9. The second kappa shape index (κ2) is 9.72. The molecule has 0 saturated carbocycles. The average Bonchev–Trinajstić information content (AvgIpc) is 2.68. The monoisotopic (exact) mass is 285 g/mol. The van der Waals surface area contributed by atoms with Crippen LogP contribution >= 0.6 is 0 Å². The molecule has 2 N–H and O–H groups in total. The molecule has 20 heavy (non-hydrogen) atoms. The van der Waals surface area contributed by atoms with E-state index in [1.54, 1.807) is 0 Å². The molecule has 1 atom stereocenters. The van der Waals surface area contributed by atoms with E-state index in [-0.39, 0.29) is 12.1 Å². The lowest BCUT2D eigenvalue weighted by Crippen LogP contribution is -2.48. The van der Waals surface area contributed by atoms with Gasteiger partial charge in [0.05, 0.1) is 6.61 Å². The summed E-state index contributed by atoms with van der Waals surface area (Å²) >= 11 is 0. The van der Waals surface area contributed by atoms with Crippen molar-refractivity contribution >= 4 is 0 Å². The van der Waals surface area contributed by atoms with Gasteiger partial charge in [-0.05, 0) is 65.3 Å². The second-order valence-electron chi connectivity index (χ2n) is 6.32. The summed E-state index contributed by atoms with van der Waals surface area (Å²) in [5.74, 6) is 0. The normalized spacial score (nSPS) is 21.6. The molecule has 1 unspecified atom stereocenters. The highest BCUT2D eigenvalue weighted by Gasteiger charge is 2.26. The fourth-order valence-electron chi connectivity index (χ4n) is 2.99. The predicted octanol–water partition coefficient (Wildman–Crippen LogP) is 1.54. The predicted molar refractivity (Wildman–Crippen MR) is 86.2 cm³/mol. The molecule has 4 nitrogen and oxygen atoms in total. The number of nitrogens with zero attached hydrogens (tertiary/aromatic N) is 2. The van der Waals surface area contributed by atoms with Crippen molar-refractivity contribution in [1.29, 1.82) is 0 Å². The minimum absolute atomic E-state index is 0.0569. The zero-order valence-corrected chi connectivity index (χ0v) is 13.8. The summed E-state index contributed by atoms with van der Waals surface area (Å²) in [7, 11) is 2.21. The van der Waals surface area contributed by atoms with E-state index in [0.29, 0.717) is 0 Å². The van der Waals surface area contributed by atoms with Gasteiger partial charge in [0, 0.05) is 18.6 Å². The third-order valence-corrected chi connectivity index (χ3v) is 4.67. The van der Waals surface area contributed by atoms with Crippen LogP contribution in [0.3, 0.4) is 0 Å². The van der Waals surface area contributed by atoms with Crippen LogP contribution in [0.15, 0.2) is 0 Å². The van der Waals surface area contributed by atoms with Crippen molar-refractivity contribution in [3.8, 4) is 0 Å². The Morgan fingerprint density at radius 2 is 1.95 bits per heavy atom. The molecule has 1 saturated heterocycles. The molecule has 120 valence electrons. The average molecular weight is 285 g/mol. The summed E-state index contributed by atoms with van der Waals surface area (Å²) in [6.45, 7) is 11.6. The second-order valence-corrected chi connectivity index (χ2v) is 6.32. The van der Waals surface area contributed by atoms with Crippen LogP contribution < -0.4 is 5.32 Å². The van der Waals surface area contributed by atoms with Gasteiger partial charge in [0.1, 0.15) is 0 Å². The standard InChI is InChI=1S/C16H35N3O/c1-4-9-17-16(5-2,15-20)8-6-11-19-12-7-10-18(3)13-14-19/h17,20H,4-15H2,1-3H3. The molecular weight excluding hydrogens is 250 g/mol. The first-order valence-corrected chi connectivity index (χ1v) is 8.42. The van der Waals surface area contributed by atoms with Gasteiger partial charge < -0.3 is 20.2 Å². The summed E-state index contributed by atoms with van der Waals surface area (Å²) in [6.07, 6.45) is 5.66. The molecule has 0 aromatic rings. The third kappa shape index (κ3) is 6.08. The SMILES string of the molecule is CCCNC(CC)(CO)CCCN1CCCN(C)CC1. The number of hydrogen-bond donors (Lipinski definition) is 2. The summed E-state index contributed by atoms with van der Waals surface area (Å²) in [5, 5.41) is 13.3. The van der Waals surface area contributed by atoms with E-state index in [1.165, 1.54) is 45.6 Å². The van der Waals surface area contributed by atoms with Crippen molar-refractivity contribution in [2.45, 2.75) is 51.5 Å². The summed E-state index contributed by atoms with van der Waals surface area (Å²) in [5.41, 5.74) is -0.0569. The molecule has 1 heterocycles. The maximum absolute atomic E-state index is 9.74. The van der Waals surface area contributed by atoms with Crippen LogP contribution in [0.5, 0.6) is 0 Å². The van der Waals surface area contributed by atoms with Gasteiger partial charge in [-0.15, -0.1) is 0 Å². The van der Waals surface area contributed by atoms with Gasteiger partial charge in [0.2, 0.25) is 0 Å². The van der Waals surface area contributed by atoms with Crippen molar-refractivity contribution in [2.75, 3.05) is 52.9 Å². The lowest BCUT2D eigenvalue weighted by Gasteiger charge is -2.33. The van der Waals surface area contributed by atoms with Crippen LogP contribution in [-0.2, 0) is 0 Å². The quantitative estimate of drug-likeness (QED) is 0.674. The molecule has 0 spiro atoms. The third-order valence-electron chi connectivity index (χ3n) is 4.67. The van der Waals surface area contributed by atoms with Gasteiger partial charge in [-0.25, -0.2) is 0 Å². The van der Waals surface area contributed by atoms with Crippen molar-refractivity contribution in [3.05, 3.63) is 0 Å². The fourth-order valence-corrected chi connectivity index (χ4v) is 2.99. The van der Waals surface area contributed by atoms with Crippen molar-refractivity contribution < 1.29 is 5.11 Å². The molecule has 0 amide bonds. The minimum Gasteiger partial charge on any atom is -0.394 e. The van der Waals surface area contributed by atoms with Gasteiger partial charge in [0.15, 0.2) is 0 Å². The Morgan fingerprint density at radius 3 is 2.60 bits per heavy atom. The molecule has 1 rings (SSSR count). The highest BCUT2D eigenvalue weighted by atomic mass is 16.3. The highest BCUT2D eigenvalue weighted by molar-refractivity contribution is 4.86. The number of aliphatic hydroxyl groups is 1. The Labute approximate surface area is 125 Å². The van der Waals surface area contributed by atoms with Crippen molar-refractivity contribution in [1.82, 2.24) is 15.1 Å². The zero-order chi connectivity index (χ0) is 14.8. The number of nitrogens with one attached hydrogen (secondary N) is 1.